The highest BCUT2D eigenvalue weighted by Gasteiger charge is 2.45. The monoisotopic (exact) mass is 563 g/mol. The largest absolute Gasteiger partial charge is 0.497 e. The zero-order valence-corrected chi connectivity index (χ0v) is 23.6. The molecule has 2 N–H and O–H groups in total. The molecule has 0 amide bonds. The Bertz CT molecular complexity index is 1520. The first-order chi connectivity index (χ1) is 18.2. The fourth-order valence-electron chi connectivity index (χ4n) is 4.99. The van der Waals surface area contributed by atoms with Crippen molar-refractivity contribution in [1.29, 1.82) is 5.26 Å². The van der Waals surface area contributed by atoms with Gasteiger partial charge in [-0.15, -0.1) is 10.2 Å². The second-order valence-electron chi connectivity index (χ2n) is 9.99. The summed E-state index contributed by atoms with van der Waals surface area (Å²) >= 11 is 9.22. The number of nitriles is 1. The van der Waals surface area contributed by atoms with Crippen LogP contribution in [-0.2, 0) is 10.5 Å². The van der Waals surface area contributed by atoms with Crippen molar-refractivity contribution in [2.75, 3.05) is 12.0 Å². The zero-order valence-electron chi connectivity index (χ0n) is 21.2. The second kappa shape index (κ2) is 10.4. The van der Waals surface area contributed by atoms with E-state index in [9.17, 15) is 10.1 Å². The van der Waals surface area contributed by atoms with Gasteiger partial charge in [-0.2, -0.15) is 5.26 Å². The van der Waals surface area contributed by atoms with E-state index in [2.05, 4.69) is 30.1 Å². The van der Waals surface area contributed by atoms with Crippen LogP contribution in [0.2, 0.25) is 5.02 Å². The lowest BCUT2D eigenvalue weighted by atomic mass is 9.68. The van der Waals surface area contributed by atoms with Crippen molar-refractivity contribution in [3.05, 3.63) is 87.3 Å². The first-order valence-corrected chi connectivity index (χ1v) is 14.2. The Kier molecular flexibility index (Phi) is 7.23. The Labute approximate surface area is 235 Å². The molecule has 1 aliphatic heterocycles. The van der Waals surface area contributed by atoms with Crippen LogP contribution in [0.25, 0.3) is 0 Å². The summed E-state index contributed by atoms with van der Waals surface area (Å²) in [5, 5.41) is 20.3. The summed E-state index contributed by atoms with van der Waals surface area (Å²) in [6.07, 6.45) is 0.990. The van der Waals surface area contributed by atoms with Gasteiger partial charge in [0.1, 0.15) is 11.6 Å². The number of carbonyl (C=O) groups is 1. The molecule has 0 bridgehead atoms. The number of nitrogens with zero attached hydrogens (tertiary/aromatic N) is 4. The lowest BCUT2D eigenvalue weighted by Gasteiger charge is -2.42. The van der Waals surface area contributed by atoms with Crippen molar-refractivity contribution in [2.45, 2.75) is 42.7 Å². The number of allylic oxidation sites excluding steroid dienone is 3. The molecule has 194 valence electrons. The van der Waals surface area contributed by atoms with Crippen LogP contribution >= 0.6 is 34.7 Å². The van der Waals surface area contributed by atoms with Crippen molar-refractivity contribution < 1.29 is 9.53 Å². The molecule has 2 aliphatic rings. The van der Waals surface area contributed by atoms with E-state index < -0.39 is 5.92 Å². The van der Waals surface area contributed by atoms with E-state index in [4.69, 9.17) is 22.1 Å². The van der Waals surface area contributed by atoms with Gasteiger partial charge < -0.3 is 10.5 Å². The molecule has 3 aromatic rings. The summed E-state index contributed by atoms with van der Waals surface area (Å²) < 4.78 is 6.16. The standard InChI is InChI=1S/C28H26ClN5O2S2/c1-28(2)12-21-24(22(35)13-28)23(16-8-6-9-18(11-16)36-3)19(14-30)25(31)34(21)26-32-33-27(38-26)37-15-17-7-4-5-10-20(17)29/h4-11,23H,12-13,15,31H2,1-3H3/t23-/m1/s1. The molecule has 0 spiro atoms. The molecule has 10 heteroatoms. The first-order valence-electron chi connectivity index (χ1n) is 12.0. The minimum absolute atomic E-state index is 0.00662. The molecule has 1 aromatic heterocycles. The van der Waals surface area contributed by atoms with Gasteiger partial charge in [-0.3, -0.25) is 9.69 Å². The number of benzene rings is 2. The first kappa shape index (κ1) is 26.3. The number of rotatable bonds is 6. The van der Waals surface area contributed by atoms with Crippen molar-refractivity contribution in [3.63, 3.8) is 0 Å². The summed E-state index contributed by atoms with van der Waals surface area (Å²) in [5.41, 5.74) is 9.91. The maximum absolute atomic E-state index is 13.7. The van der Waals surface area contributed by atoms with Crippen LogP contribution in [0.4, 0.5) is 5.13 Å². The number of methoxy groups -OCH3 is 1. The molecular formula is C28H26ClN5O2S2. The van der Waals surface area contributed by atoms with E-state index in [1.54, 1.807) is 12.0 Å². The van der Waals surface area contributed by atoms with Gasteiger partial charge in [0.25, 0.3) is 0 Å². The van der Waals surface area contributed by atoms with E-state index in [1.165, 1.54) is 23.1 Å². The van der Waals surface area contributed by atoms with Crippen molar-refractivity contribution in [1.82, 2.24) is 10.2 Å². The van der Waals surface area contributed by atoms with Crippen LogP contribution in [0.5, 0.6) is 5.75 Å². The quantitative estimate of drug-likeness (QED) is 0.342. The van der Waals surface area contributed by atoms with Gasteiger partial charge in [0, 0.05) is 28.5 Å². The summed E-state index contributed by atoms with van der Waals surface area (Å²) in [5.74, 6) is 0.985. The number of thioether (sulfide) groups is 1. The van der Waals surface area contributed by atoms with Gasteiger partial charge in [-0.25, -0.2) is 0 Å². The number of hydrogen-bond acceptors (Lipinski definition) is 9. The maximum Gasteiger partial charge on any atom is 0.219 e. The Morgan fingerprint density at radius 1 is 1.24 bits per heavy atom. The fraction of sp³-hybridized carbons (Fsp3) is 0.286. The number of aromatic nitrogens is 2. The summed E-state index contributed by atoms with van der Waals surface area (Å²) in [7, 11) is 1.59. The highest BCUT2D eigenvalue weighted by Crippen LogP contribution is 2.51. The maximum atomic E-state index is 13.7. The third kappa shape index (κ3) is 4.92. The van der Waals surface area contributed by atoms with Gasteiger partial charge in [0.15, 0.2) is 10.1 Å². The number of Topliss-reactive ketones (excluding diaryl/α,β-unsaturated/α-hetero) is 1. The van der Waals surface area contributed by atoms with Crippen LogP contribution in [0, 0.1) is 16.7 Å². The molecule has 0 radical (unpaired) electrons. The van der Waals surface area contributed by atoms with Crippen LogP contribution in [0.1, 0.15) is 43.7 Å². The molecule has 1 aliphatic carbocycles. The Morgan fingerprint density at radius 3 is 2.76 bits per heavy atom. The SMILES string of the molecule is COc1cccc([C@@H]2C(C#N)=C(N)N(c3nnc(SCc4ccccc4Cl)s3)C3=C2C(=O)CC(C)(C)C3)c1. The average Bonchev–Trinajstić information content (AvgIpc) is 3.35. The van der Waals surface area contributed by atoms with Crippen LogP contribution in [-0.4, -0.2) is 23.1 Å². The topological polar surface area (TPSA) is 105 Å². The number of hydrogen-bond donors (Lipinski definition) is 1. The summed E-state index contributed by atoms with van der Waals surface area (Å²) in [6.45, 7) is 4.14. The van der Waals surface area contributed by atoms with E-state index >= 15 is 0 Å². The second-order valence-corrected chi connectivity index (χ2v) is 12.6. The minimum atomic E-state index is -0.577. The number of nitrogens with two attached hydrogens (primary N) is 1. The predicted octanol–water partition coefficient (Wildman–Crippen LogP) is 6.43. The predicted molar refractivity (Wildman–Crippen MR) is 151 cm³/mol. The normalized spacial score (nSPS) is 18.9. The summed E-state index contributed by atoms with van der Waals surface area (Å²) in [6, 6.07) is 17.4. The molecule has 2 heterocycles. The molecular weight excluding hydrogens is 538 g/mol. The van der Waals surface area contributed by atoms with Crippen LogP contribution < -0.4 is 15.4 Å². The molecule has 2 aromatic carbocycles. The van der Waals surface area contributed by atoms with E-state index in [0.29, 0.717) is 45.6 Å². The minimum Gasteiger partial charge on any atom is -0.497 e. The van der Waals surface area contributed by atoms with Gasteiger partial charge >= 0.3 is 0 Å². The smallest absolute Gasteiger partial charge is 0.219 e. The van der Waals surface area contributed by atoms with Crippen LogP contribution in [0.3, 0.4) is 0 Å². The lowest BCUT2D eigenvalue weighted by molar-refractivity contribution is -0.118. The number of ether oxygens (including phenoxy) is 1. The van der Waals surface area contributed by atoms with Gasteiger partial charge in [-0.05, 0) is 41.2 Å². The number of carbonyl (C=O) groups excluding carboxylic acids is 1. The van der Waals surface area contributed by atoms with Gasteiger partial charge in [0.05, 0.1) is 24.7 Å². The van der Waals surface area contributed by atoms with Gasteiger partial charge in [-0.1, -0.05) is 78.9 Å². The van der Waals surface area contributed by atoms with E-state index in [-0.39, 0.29) is 17.0 Å². The van der Waals surface area contributed by atoms with Crippen LogP contribution in [0.15, 0.2) is 75.5 Å². The van der Waals surface area contributed by atoms with Crippen molar-refractivity contribution in [2.24, 2.45) is 11.1 Å². The third-order valence-electron chi connectivity index (χ3n) is 6.70. The molecule has 0 saturated heterocycles. The summed E-state index contributed by atoms with van der Waals surface area (Å²) in [4.78, 5) is 15.5. The zero-order chi connectivity index (χ0) is 27.0. The molecule has 0 unspecified atom stereocenters. The van der Waals surface area contributed by atoms with Gasteiger partial charge in [0.2, 0.25) is 5.13 Å². The Balaban J connectivity index is 1.58. The molecule has 7 nitrogen and oxygen atoms in total. The highest BCUT2D eigenvalue weighted by atomic mass is 35.5. The highest BCUT2D eigenvalue weighted by molar-refractivity contribution is 8.00. The van der Waals surface area contributed by atoms with Crippen molar-refractivity contribution in [3.8, 4) is 11.8 Å². The number of ketones is 1. The molecule has 5 rings (SSSR count). The lowest BCUT2D eigenvalue weighted by Crippen LogP contribution is -2.42. The Hall–Kier alpha value is -3.32. The van der Waals surface area contributed by atoms with E-state index in [1.807, 2.05) is 48.5 Å². The molecule has 38 heavy (non-hydrogen) atoms. The average molecular weight is 564 g/mol. The molecule has 1 atom stereocenters. The molecule has 0 fully saturated rings. The van der Waals surface area contributed by atoms with E-state index in [0.717, 1.165) is 21.2 Å². The number of halogens is 1. The van der Waals surface area contributed by atoms with Crippen molar-refractivity contribution >= 4 is 45.6 Å². The Morgan fingerprint density at radius 2 is 2.03 bits per heavy atom. The fourth-order valence-corrected chi connectivity index (χ4v) is 7.15. The molecule has 0 saturated carbocycles. The third-order valence-corrected chi connectivity index (χ3v) is 9.16. The number of anilines is 1.